The highest BCUT2D eigenvalue weighted by molar-refractivity contribution is 5.94. The summed E-state index contributed by atoms with van der Waals surface area (Å²) in [5.74, 6) is 0.0182. The standard InChI is InChI=1S/C17H27NO/c1-16(2,3)11-12-18-15(19)13-7-9-14(10-8-13)17(4,5)6/h7-10H,11-12H2,1-6H3,(H,18,19). The Morgan fingerprint density at radius 3 is 1.95 bits per heavy atom. The molecule has 0 radical (unpaired) electrons. The van der Waals surface area contributed by atoms with Gasteiger partial charge in [-0.25, -0.2) is 0 Å². The first kappa shape index (κ1) is 15.7. The summed E-state index contributed by atoms with van der Waals surface area (Å²) in [6.45, 7) is 13.8. The molecule has 0 saturated carbocycles. The summed E-state index contributed by atoms with van der Waals surface area (Å²) in [7, 11) is 0. The zero-order valence-corrected chi connectivity index (χ0v) is 13.1. The molecule has 0 heterocycles. The van der Waals surface area contributed by atoms with E-state index in [9.17, 15) is 4.79 Å². The smallest absolute Gasteiger partial charge is 0.251 e. The Bertz CT molecular complexity index is 418. The van der Waals surface area contributed by atoms with E-state index in [-0.39, 0.29) is 16.7 Å². The maximum atomic E-state index is 12.0. The van der Waals surface area contributed by atoms with Crippen LogP contribution in [0.2, 0.25) is 0 Å². The van der Waals surface area contributed by atoms with Crippen LogP contribution in [0.3, 0.4) is 0 Å². The molecule has 106 valence electrons. The second-order valence-electron chi connectivity index (χ2n) is 7.39. The van der Waals surface area contributed by atoms with Crippen LogP contribution in [0.25, 0.3) is 0 Å². The van der Waals surface area contributed by atoms with Gasteiger partial charge in [0.2, 0.25) is 0 Å². The van der Waals surface area contributed by atoms with Gasteiger partial charge < -0.3 is 5.32 Å². The van der Waals surface area contributed by atoms with Crippen LogP contribution in [0.15, 0.2) is 24.3 Å². The van der Waals surface area contributed by atoms with Crippen LogP contribution in [-0.2, 0) is 5.41 Å². The van der Waals surface area contributed by atoms with Gasteiger partial charge in [0.1, 0.15) is 0 Å². The van der Waals surface area contributed by atoms with E-state index in [1.807, 2.05) is 24.3 Å². The van der Waals surface area contributed by atoms with Crippen molar-refractivity contribution in [3.05, 3.63) is 35.4 Å². The molecule has 1 rings (SSSR count). The van der Waals surface area contributed by atoms with Crippen molar-refractivity contribution in [2.75, 3.05) is 6.54 Å². The molecule has 0 aliphatic rings. The molecule has 0 atom stereocenters. The molecule has 0 aliphatic heterocycles. The van der Waals surface area contributed by atoms with Gasteiger partial charge in [-0.1, -0.05) is 53.7 Å². The summed E-state index contributed by atoms with van der Waals surface area (Å²) in [6.07, 6.45) is 0.985. The minimum atomic E-state index is 0.0182. The van der Waals surface area contributed by atoms with E-state index >= 15 is 0 Å². The summed E-state index contributed by atoms with van der Waals surface area (Å²) in [6, 6.07) is 7.90. The van der Waals surface area contributed by atoms with Crippen LogP contribution < -0.4 is 5.32 Å². The van der Waals surface area contributed by atoms with E-state index in [2.05, 4.69) is 46.9 Å². The van der Waals surface area contributed by atoms with Crippen molar-refractivity contribution in [3.8, 4) is 0 Å². The largest absolute Gasteiger partial charge is 0.352 e. The third-order valence-electron chi connectivity index (χ3n) is 3.17. The molecule has 2 nitrogen and oxygen atoms in total. The number of hydrogen-bond donors (Lipinski definition) is 1. The summed E-state index contributed by atoms with van der Waals surface area (Å²) < 4.78 is 0. The van der Waals surface area contributed by atoms with Gasteiger partial charge in [0.05, 0.1) is 0 Å². The van der Waals surface area contributed by atoms with Crippen LogP contribution in [0.4, 0.5) is 0 Å². The molecule has 1 aromatic carbocycles. The summed E-state index contributed by atoms with van der Waals surface area (Å²) in [5, 5.41) is 2.97. The predicted octanol–water partition coefficient (Wildman–Crippen LogP) is 4.15. The molecule has 0 spiro atoms. The van der Waals surface area contributed by atoms with Gasteiger partial charge in [0.25, 0.3) is 5.91 Å². The highest BCUT2D eigenvalue weighted by atomic mass is 16.1. The molecule has 0 saturated heterocycles. The van der Waals surface area contributed by atoms with Crippen LogP contribution in [0.1, 0.15) is 63.9 Å². The lowest BCUT2D eigenvalue weighted by molar-refractivity contribution is 0.0949. The van der Waals surface area contributed by atoms with Crippen molar-refractivity contribution < 1.29 is 4.79 Å². The molecule has 0 bridgehead atoms. The number of rotatable bonds is 3. The van der Waals surface area contributed by atoms with Crippen LogP contribution in [0.5, 0.6) is 0 Å². The van der Waals surface area contributed by atoms with E-state index in [4.69, 9.17) is 0 Å². The monoisotopic (exact) mass is 261 g/mol. The normalized spacial score (nSPS) is 12.3. The molecule has 1 aromatic rings. The first-order chi connectivity index (χ1) is 8.59. The van der Waals surface area contributed by atoms with E-state index in [1.54, 1.807) is 0 Å². The molecule has 1 amide bonds. The van der Waals surface area contributed by atoms with Crippen molar-refractivity contribution in [3.63, 3.8) is 0 Å². The summed E-state index contributed by atoms with van der Waals surface area (Å²) >= 11 is 0. The van der Waals surface area contributed by atoms with Gasteiger partial charge in [0, 0.05) is 12.1 Å². The number of amides is 1. The fourth-order valence-electron chi connectivity index (χ4n) is 1.77. The van der Waals surface area contributed by atoms with Gasteiger partial charge >= 0.3 is 0 Å². The molecule has 0 fully saturated rings. The fourth-order valence-corrected chi connectivity index (χ4v) is 1.77. The van der Waals surface area contributed by atoms with Crippen LogP contribution >= 0.6 is 0 Å². The Morgan fingerprint density at radius 2 is 1.53 bits per heavy atom. The SMILES string of the molecule is CC(C)(C)CCNC(=O)c1ccc(C(C)(C)C)cc1. The molecule has 0 aromatic heterocycles. The van der Waals surface area contributed by atoms with Crippen LogP contribution in [0, 0.1) is 5.41 Å². The van der Waals surface area contributed by atoms with Gasteiger partial charge in [-0.2, -0.15) is 0 Å². The van der Waals surface area contributed by atoms with E-state index in [1.165, 1.54) is 5.56 Å². The first-order valence-corrected chi connectivity index (χ1v) is 6.98. The molecular weight excluding hydrogens is 234 g/mol. The molecule has 0 aliphatic carbocycles. The van der Waals surface area contributed by atoms with Gasteiger partial charge in [-0.3, -0.25) is 4.79 Å². The van der Waals surface area contributed by atoms with E-state index < -0.39 is 0 Å². The second kappa shape index (κ2) is 5.77. The fraction of sp³-hybridized carbons (Fsp3) is 0.588. The quantitative estimate of drug-likeness (QED) is 0.870. The average Bonchev–Trinajstić information content (AvgIpc) is 2.26. The average molecular weight is 261 g/mol. The van der Waals surface area contributed by atoms with Crippen molar-refractivity contribution in [1.29, 1.82) is 0 Å². The van der Waals surface area contributed by atoms with Gasteiger partial charge in [-0.15, -0.1) is 0 Å². The Labute approximate surface area is 117 Å². The number of carbonyl (C=O) groups is 1. The van der Waals surface area contributed by atoms with E-state index in [0.29, 0.717) is 0 Å². The molecule has 19 heavy (non-hydrogen) atoms. The predicted molar refractivity (Wildman–Crippen MR) is 81.5 cm³/mol. The summed E-state index contributed by atoms with van der Waals surface area (Å²) in [4.78, 5) is 12.0. The Morgan fingerprint density at radius 1 is 1.00 bits per heavy atom. The molecule has 0 unspecified atom stereocenters. The number of nitrogens with one attached hydrogen (secondary N) is 1. The maximum absolute atomic E-state index is 12.0. The summed E-state index contributed by atoms with van der Waals surface area (Å²) in [5.41, 5.74) is 2.37. The molecule has 1 N–H and O–H groups in total. The number of carbonyl (C=O) groups excluding carboxylic acids is 1. The Hall–Kier alpha value is -1.31. The van der Waals surface area contributed by atoms with Gasteiger partial charge in [0.15, 0.2) is 0 Å². The minimum absolute atomic E-state index is 0.0182. The maximum Gasteiger partial charge on any atom is 0.251 e. The highest BCUT2D eigenvalue weighted by Gasteiger charge is 2.15. The zero-order chi connectivity index (χ0) is 14.7. The third kappa shape index (κ3) is 5.46. The van der Waals surface area contributed by atoms with Crippen LogP contribution in [-0.4, -0.2) is 12.5 Å². The van der Waals surface area contributed by atoms with E-state index in [0.717, 1.165) is 18.5 Å². The number of benzene rings is 1. The molecular formula is C17H27NO. The Kier molecular flexibility index (Phi) is 4.78. The highest BCUT2D eigenvalue weighted by Crippen LogP contribution is 2.22. The van der Waals surface area contributed by atoms with Crippen molar-refractivity contribution in [2.45, 2.75) is 53.4 Å². The zero-order valence-electron chi connectivity index (χ0n) is 13.1. The first-order valence-electron chi connectivity index (χ1n) is 6.98. The van der Waals surface area contributed by atoms with Gasteiger partial charge in [-0.05, 0) is 34.9 Å². The van der Waals surface area contributed by atoms with Crippen molar-refractivity contribution >= 4 is 5.91 Å². The second-order valence-corrected chi connectivity index (χ2v) is 7.39. The van der Waals surface area contributed by atoms with Crippen molar-refractivity contribution in [1.82, 2.24) is 5.32 Å². The Balaban J connectivity index is 2.59. The lowest BCUT2D eigenvalue weighted by atomic mass is 9.86. The lowest BCUT2D eigenvalue weighted by Gasteiger charge is -2.19. The van der Waals surface area contributed by atoms with Crippen molar-refractivity contribution in [2.24, 2.45) is 5.41 Å². The number of hydrogen-bond acceptors (Lipinski definition) is 1. The topological polar surface area (TPSA) is 29.1 Å². The molecule has 2 heteroatoms. The lowest BCUT2D eigenvalue weighted by Crippen LogP contribution is -2.27. The third-order valence-corrected chi connectivity index (χ3v) is 3.17. The minimum Gasteiger partial charge on any atom is -0.352 e.